The second-order valence-corrected chi connectivity index (χ2v) is 7.88. The summed E-state index contributed by atoms with van der Waals surface area (Å²) in [4.78, 5) is 0.248. The van der Waals surface area contributed by atoms with Crippen LogP contribution in [0.1, 0.15) is 5.56 Å². The average Bonchev–Trinajstić information content (AvgIpc) is 2.41. The fourth-order valence-electron chi connectivity index (χ4n) is 1.64. The van der Waals surface area contributed by atoms with Crippen LogP contribution in [0.15, 0.2) is 34.3 Å². The van der Waals surface area contributed by atoms with Crippen LogP contribution in [0.2, 0.25) is 0 Å². The molecule has 1 aliphatic heterocycles. The van der Waals surface area contributed by atoms with Gasteiger partial charge in [0.1, 0.15) is 0 Å². The summed E-state index contributed by atoms with van der Waals surface area (Å²) in [6, 6.07) is 5.99. The highest BCUT2D eigenvalue weighted by atomic mass is 32.2. The van der Waals surface area contributed by atoms with Crippen molar-refractivity contribution < 1.29 is 18.4 Å². The molecule has 20 heavy (non-hydrogen) atoms. The third kappa shape index (κ3) is 3.65. The van der Waals surface area contributed by atoms with Gasteiger partial charge in [0.25, 0.3) is 0 Å². The minimum Gasteiger partial charge on any atom is -0.409 e. The zero-order valence-electron chi connectivity index (χ0n) is 10.7. The van der Waals surface area contributed by atoms with E-state index in [1.165, 1.54) is 24.3 Å². The van der Waals surface area contributed by atoms with Crippen LogP contribution in [-0.2, 0) is 14.6 Å². The number of benzene rings is 1. The fourth-order valence-corrected chi connectivity index (χ4v) is 4.41. The molecule has 0 unspecified atom stereocenters. The van der Waals surface area contributed by atoms with Crippen LogP contribution >= 0.6 is 11.8 Å². The molecule has 1 heterocycles. The van der Waals surface area contributed by atoms with E-state index >= 15 is 0 Å². The van der Waals surface area contributed by atoms with E-state index in [-0.39, 0.29) is 16.5 Å². The molecule has 0 bridgehead atoms. The van der Waals surface area contributed by atoms with E-state index in [1.54, 1.807) is 11.8 Å². The molecule has 110 valence electrons. The summed E-state index contributed by atoms with van der Waals surface area (Å²) in [7, 11) is -3.29. The Balaban J connectivity index is 1.97. The van der Waals surface area contributed by atoms with Gasteiger partial charge in [-0.3, -0.25) is 0 Å². The van der Waals surface area contributed by atoms with Gasteiger partial charge in [-0.25, -0.2) is 8.42 Å². The summed E-state index contributed by atoms with van der Waals surface area (Å²) in [5.41, 5.74) is 5.90. The van der Waals surface area contributed by atoms with Crippen molar-refractivity contribution in [2.24, 2.45) is 10.9 Å². The number of ether oxygens (including phenoxy) is 1. The first kappa shape index (κ1) is 15.1. The monoisotopic (exact) mass is 316 g/mol. The molecule has 0 aromatic heterocycles. The molecule has 0 atom stereocenters. The molecule has 1 aliphatic rings. The van der Waals surface area contributed by atoms with E-state index in [0.29, 0.717) is 29.8 Å². The van der Waals surface area contributed by atoms with Crippen molar-refractivity contribution in [3.05, 3.63) is 29.8 Å². The fraction of sp³-hybridized carbons (Fsp3) is 0.417. The van der Waals surface area contributed by atoms with Gasteiger partial charge in [0, 0.05) is 11.3 Å². The Morgan fingerprint density at radius 2 is 2.05 bits per heavy atom. The number of amidine groups is 1. The molecule has 1 aromatic carbocycles. The van der Waals surface area contributed by atoms with Crippen LogP contribution < -0.4 is 5.73 Å². The number of thioether (sulfide) groups is 1. The third-order valence-corrected chi connectivity index (χ3v) is 6.10. The number of hydrogen-bond donors (Lipinski definition) is 2. The van der Waals surface area contributed by atoms with Crippen LogP contribution in [0, 0.1) is 0 Å². The predicted octanol–water partition coefficient (Wildman–Crippen LogP) is 0.687. The SMILES string of the molecule is N/C(=N/O)c1ccc(S(=O)(=O)CCSC2COC2)cc1. The Morgan fingerprint density at radius 1 is 1.40 bits per heavy atom. The first-order valence-electron chi connectivity index (χ1n) is 6.03. The maximum atomic E-state index is 12.1. The number of nitrogens with zero attached hydrogens (tertiary/aromatic N) is 1. The molecule has 1 fully saturated rings. The summed E-state index contributed by atoms with van der Waals surface area (Å²) in [6.45, 7) is 1.42. The molecule has 0 spiro atoms. The van der Waals surface area contributed by atoms with Gasteiger partial charge in [0.2, 0.25) is 0 Å². The van der Waals surface area contributed by atoms with E-state index in [2.05, 4.69) is 5.16 Å². The standard InChI is InChI=1S/C12H16N2O4S2/c13-12(14-15)9-1-3-11(4-2-9)20(16,17)6-5-19-10-7-18-8-10/h1-4,10,15H,5-8H2,(H2,13,14). The Bertz CT molecular complexity index is 580. The molecule has 6 nitrogen and oxygen atoms in total. The van der Waals surface area contributed by atoms with Gasteiger partial charge >= 0.3 is 0 Å². The van der Waals surface area contributed by atoms with E-state index in [0.717, 1.165) is 0 Å². The lowest BCUT2D eigenvalue weighted by atomic mass is 10.2. The molecule has 2 rings (SSSR count). The minimum atomic E-state index is -3.29. The third-order valence-electron chi connectivity index (χ3n) is 2.93. The number of nitrogens with two attached hydrogens (primary N) is 1. The summed E-state index contributed by atoms with van der Waals surface area (Å²) in [6.07, 6.45) is 0. The van der Waals surface area contributed by atoms with Crippen LogP contribution in [0.5, 0.6) is 0 Å². The molecule has 0 amide bonds. The molecule has 0 radical (unpaired) electrons. The quantitative estimate of drug-likeness (QED) is 0.346. The normalized spacial score (nSPS) is 16.9. The first-order chi connectivity index (χ1) is 9.53. The first-order valence-corrected chi connectivity index (χ1v) is 8.73. The average molecular weight is 316 g/mol. The molecule has 1 aromatic rings. The molecule has 0 aliphatic carbocycles. The van der Waals surface area contributed by atoms with Gasteiger partial charge in [-0.15, -0.1) is 0 Å². The number of hydrogen-bond acceptors (Lipinski definition) is 6. The van der Waals surface area contributed by atoms with Gasteiger partial charge in [0.05, 0.1) is 29.1 Å². The number of oxime groups is 1. The second kappa shape index (κ2) is 6.47. The van der Waals surface area contributed by atoms with E-state index in [9.17, 15) is 8.42 Å². The van der Waals surface area contributed by atoms with E-state index in [4.69, 9.17) is 15.7 Å². The Hall–Kier alpha value is -1.25. The van der Waals surface area contributed by atoms with Crippen molar-refractivity contribution in [2.45, 2.75) is 10.1 Å². The van der Waals surface area contributed by atoms with Gasteiger partial charge < -0.3 is 15.7 Å². The lowest BCUT2D eigenvalue weighted by molar-refractivity contribution is 0.0455. The topological polar surface area (TPSA) is 102 Å². The van der Waals surface area contributed by atoms with Gasteiger partial charge in [0.15, 0.2) is 15.7 Å². The zero-order chi connectivity index (χ0) is 14.6. The Labute approximate surface area is 121 Å². The van der Waals surface area contributed by atoms with E-state index < -0.39 is 9.84 Å². The van der Waals surface area contributed by atoms with Crippen molar-refractivity contribution in [3.63, 3.8) is 0 Å². The molecule has 3 N–H and O–H groups in total. The van der Waals surface area contributed by atoms with Crippen molar-refractivity contribution in [1.29, 1.82) is 0 Å². The highest BCUT2D eigenvalue weighted by Crippen LogP contribution is 2.20. The molecular formula is C12H16N2O4S2. The lowest BCUT2D eigenvalue weighted by Crippen LogP contribution is -2.31. The number of sulfone groups is 1. The Morgan fingerprint density at radius 3 is 2.55 bits per heavy atom. The van der Waals surface area contributed by atoms with Crippen molar-refractivity contribution in [3.8, 4) is 0 Å². The predicted molar refractivity (Wildman–Crippen MR) is 78.1 cm³/mol. The van der Waals surface area contributed by atoms with Gasteiger partial charge in [-0.2, -0.15) is 11.8 Å². The lowest BCUT2D eigenvalue weighted by Gasteiger charge is -2.25. The van der Waals surface area contributed by atoms with Crippen molar-refractivity contribution in [2.75, 3.05) is 24.7 Å². The highest BCUT2D eigenvalue weighted by molar-refractivity contribution is 8.01. The molecule has 0 saturated carbocycles. The Kier molecular flexibility index (Phi) is 4.90. The van der Waals surface area contributed by atoms with Crippen molar-refractivity contribution >= 4 is 27.4 Å². The molecular weight excluding hydrogens is 300 g/mol. The second-order valence-electron chi connectivity index (χ2n) is 4.36. The minimum absolute atomic E-state index is 0.0468. The molecule has 8 heteroatoms. The molecule has 1 saturated heterocycles. The van der Waals surface area contributed by atoms with Crippen molar-refractivity contribution in [1.82, 2.24) is 0 Å². The summed E-state index contributed by atoms with van der Waals surface area (Å²) in [5.74, 6) is 0.601. The maximum Gasteiger partial charge on any atom is 0.179 e. The summed E-state index contributed by atoms with van der Waals surface area (Å²) < 4.78 is 29.3. The van der Waals surface area contributed by atoms with E-state index in [1.807, 2.05) is 0 Å². The van der Waals surface area contributed by atoms with Gasteiger partial charge in [-0.05, 0) is 24.3 Å². The number of rotatable bonds is 6. The highest BCUT2D eigenvalue weighted by Gasteiger charge is 2.21. The van der Waals surface area contributed by atoms with Gasteiger partial charge in [-0.1, -0.05) is 5.16 Å². The summed E-state index contributed by atoms with van der Waals surface area (Å²) in [5, 5.41) is 11.8. The summed E-state index contributed by atoms with van der Waals surface area (Å²) >= 11 is 1.62. The van der Waals surface area contributed by atoms with Crippen LogP contribution in [0.4, 0.5) is 0 Å². The maximum absolute atomic E-state index is 12.1. The van der Waals surface area contributed by atoms with Crippen LogP contribution in [0.3, 0.4) is 0 Å². The smallest absolute Gasteiger partial charge is 0.179 e. The van der Waals surface area contributed by atoms with Crippen LogP contribution in [0.25, 0.3) is 0 Å². The largest absolute Gasteiger partial charge is 0.409 e. The zero-order valence-corrected chi connectivity index (χ0v) is 12.4. The van der Waals surface area contributed by atoms with Crippen LogP contribution in [-0.4, -0.2) is 49.4 Å².